The molecule has 3 rings (SSSR count). The first-order chi connectivity index (χ1) is 15.3. The van der Waals surface area contributed by atoms with Crippen molar-refractivity contribution < 1.29 is 17.9 Å². The summed E-state index contributed by atoms with van der Waals surface area (Å²) in [7, 11) is 1.41. The molecule has 0 fully saturated rings. The number of carbonyl (C=O) groups is 1. The number of hydrogen-bond donors (Lipinski definition) is 2. The SMILES string of the molecule is COc1ccccc1NS(=O)(=O)c1cccc(C(=O)NC(CN(C)C)c2ccccc2)c1. The summed E-state index contributed by atoms with van der Waals surface area (Å²) in [6.07, 6.45) is 0. The van der Waals surface area contributed by atoms with Crippen LogP contribution in [-0.2, 0) is 10.0 Å². The molecule has 3 aromatic rings. The number of nitrogens with one attached hydrogen (secondary N) is 2. The topological polar surface area (TPSA) is 87.7 Å². The quantitative estimate of drug-likeness (QED) is 0.518. The van der Waals surface area contributed by atoms with Crippen LogP contribution in [-0.4, -0.2) is 47.0 Å². The molecule has 0 aliphatic carbocycles. The van der Waals surface area contributed by atoms with Gasteiger partial charge in [0.05, 0.1) is 23.7 Å². The van der Waals surface area contributed by atoms with Crippen LogP contribution in [0.3, 0.4) is 0 Å². The largest absolute Gasteiger partial charge is 0.495 e. The first-order valence-electron chi connectivity index (χ1n) is 10.1. The lowest BCUT2D eigenvalue weighted by Crippen LogP contribution is -2.35. The van der Waals surface area contributed by atoms with E-state index in [1.54, 1.807) is 36.4 Å². The van der Waals surface area contributed by atoms with Gasteiger partial charge < -0.3 is 15.0 Å². The van der Waals surface area contributed by atoms with E-state index in [0.717, 1.165) is 5.56 Å². The minimum Gasteiger partial charge on any atom is -0.495 e. The third kappa shape index (κ3) is 5.87. The Kier molecular flexibility index (Phi) is 7.50. The van der Waals surface area contributed by atoms with Crippen LogP contribution in [0.1, 0.15) is 22.0 Å². The van der Waals surface area contributed by atoms with Gasteiger partial charge >= 0.3 is 0 Å². The molecule has 0 aliphatic rings. The summed E-state index contributed by atoms with van der Waals surface area (Å²) in [6, 6.07) is 22.1. The minimum atomic E-state index is -3.92. The Morgan fingerprint density at radius 1 is 0.969 bits per heavy atom. The zero-order valence-corrected chi connectivity index (χ0v) is 19.1. The number of nitrogens with zero attached hydrogens (tertiary/aromatic N) is 1. The van der Waals surface area contributed by atoms with Crippen LogP contribution in [0, 0.1) is 0 Å². The van der Waals surface area contributed by atoms with Crippen LogP contribution in [0.15, 0.2) is 83.8 Å². The van der Waals surface area contributed by atoms with E-state index in [2.05, 4.69) is 10.0 Å². The lowest BCUT2D eigenvalue weighted by atomic mass is 10.1. The number of likely N-dealkylation sites (N-methyl/N-ethyl adjacent to an activating group) is 1. The maximum atomic E-state index is 13.0. The Balaban J connectivity index is 1.83. The standard InChI is InChI=1S/C24H27N3O4S/c1-27(2)17-22(18-10-5-4-6-11-18)25-24(28)19-12-9-13-20(16-19)32(29,30)26-21-14-7-8-15-23(21)31-3/h4-16,22,26H,17H2,1-3H3,(H,25,28). The molecule has 1 amide bonds. The van der Waals surface area contributed by atoms with E-state index in [1.807, 2.05) is 49.3 Å². The number of carbonyl (C=O) groups excluding carboxylic acids is 1. The molecule has 1 unspecified atom stereocenters. The first kappa shape index (κ1) is 23.3. The van der Waals surface area contributed by atoms with Crippen molar-refractivity contribution in [2.45, 2.75) is 10.9 Å². The van der Waals surface area contributed by atoms with E-state index in [-0.39, 0.29) is 22.4 Å². The van der Waals surface area contributed by atoms with E-state index in [1.165, 1.54) is 19.2 Å². The van der Waals surface area contributed by atoms with Gasteiger partial charge in [0.1, 0.15) is 5.75 Å². The molecule has 1 atom stereocenters. The number of rotatable bonds is 9. The van der Waals surface area contributed by atoms with E-state index < -0.39 is 10.0 Å². The molecule has 32 heavy (non-hydrogen) atoms. The molecule has 0 aliphatic heterocycles. The van der Waals surface area contributed by atoms with Gasteiger partial charge in [-0.25, -0.2) is 8.42 Å². The van der Waals surface area contributed by atoms with Crippen LogP contribution in [0.4, 0.5) is 5.69 Å². The molecule has 0 saturated heterocycles. The van der Waals surface area contributed by atoms with Gasteiger partial charge in [-0.2, -0.15) is 0 Å². The Hall–Kier alpha value is -3.36. The van der Waals surface area contributed by atoms with Crippen LogP contribution in [0.5, 0.6) is 5.75 Å². The molecule has 0 aromatic heterocycles. The van der Waals surface area contributed by atoms with Crippen LogP contribution < -0.4 is 14.8 Å². The third-order valence-corrected chi connectivity index (χ3v) is 6.18. The number of hydrogen-bond acceptors (Lipinski definition) is 5. The Morgan fingerprint density at radius 2 is 1.66 bits per heavy atom. The second-order valence-electron chi connectivity index (χ2n) is 7.53. The smallest absolute Gasteiger partial charge is 0.262 e. The molecule has 0 saturated carbocycles. The summed E-state index contributed by atoms with van der Waals surface area (Å²) in [4.78, 5) is 15.0. The summed E-state index contributed by atoms with van der Waals surface area (Å²) in [6.45, 7) is 0.600. The predicted octanol–water partition coefficient (Wildman–Crippen LogP) is 3.53. The van der Waals surface area contributed by atoms with Crippen LogP contribution in [0.25, 0.3) is 0 Å². The summed E-state index contributed by atoms with van der Waals surface area (Å²) >= 11 is 0. The van der Waals surface area contributed by atoms with Crippen LogP contribution in [0.2, 0.25) is 0 Å². The van der Waals surface area contributed by atoms with Crippen molar-refractivity contribution in [3.63, 3.8) is 0 Å². The molecular formula is C24H27N3O4S. The molecule has 0 spiro atoms. The number of ether oxygens (including phenoxy) is 1. The average molecular weight is 454 g/mol. The van der Waals surface area contributed by atoms with E-state index in [4.69, 9.17) is 4.74 Å². The molecule has 0 radical (unpaired) electrons. The van der Waals surface area contributed by atoms with Crippen molar-refractivity contribution in [1.29, 1.82) is 0 Å². The number of benzene rings is 3. The Labute approximate surface area is 189 Å². The lowest BCUT2D eigenvalue weighted by Gasteiger charge is -2.23. The fourth-order valence-electron chi connectivity index (χ4n) is 3.26. The zero-order chi connectivity index (χ0) is 23.1. The van der Waals surface area contributed by atoms with Crippen LogP contribution >= 0.6 is 0 Å². The van der Waals surface area contributed by atoms with Crippen molar-refractivity contribution in [2.24, 2.45) is 0 Å². The summed E-state index contributed by atoms with van der Waals surface area (Å²) in [5.41, 5.74) is 1.55. The fourth-order valence-corrected chi connectivity index (χ4v) is 4.38. The summed E-state index contributed by atoms with van der Waals surface area (Å²) in [5.74, 6) is 0.0504. The monoisotopic (exact) mass is 453 g/mol. The normalized spacial score (nSPS) is 12.2. The molecule has 0 bridgehead atoms. The maximum absolute atomic E-state index is 13.0. The van der Waals surface area contributed by atoms with Gasteiger partial charge in [-0.15, -0.1) is 0 Å². The van der Waals surface area contributed by atoms with Gasteiger partial charge in [0.25, 0.3) is 15.9 Å². The highest BCUT2D eigenvalue weighted by molar-refractivity contribution is 7.92. The molecule has 7 nitrogen and oxygen atoms in total. The number of amides is 1. The second kappa shape index (κ2) is 10.3. The van der Waals surface area contributed by atoms with Crippen molar-refractivity contribution in [3.8, 4) is 5.75 Å². The molecular weight excluding hydrogens is 426 g/mol. The maximum Gasteiger partial charge on any atom is 0.262 e. The van der Waals surface area contributed by atoms with Crippen molar-refractivity contribution in [2.75, 3.05) is 32.5 Å². The predicted molar refractivity (Wildman–Crippen MR) is 125 cm³/mol. The molecule has 2 N–H and O–H groups in total. The molecule has 168 valence electrons. The number of para-hydroxylation sites is 2. The van der Waals surface area contributed by atoms with E-state index in [9.17, 15) is 13.2 Å². The first-order valence-corrected chi connectivity index (χ1v) is 11.5. The second-order valence-corrected chi connectivity index (χ2v) is 9.21. The third-order valence-electron chi connectivity index (χ3n) is 4.81. The van der Waals surface area contributed by atoms with Gasteiger partial charge in [-0.3, -0.25) is 9.52 Å². The number of sulfonamides is 1. The van der Waals surface area contributed by atoms with Gasteiger partial charge in [0, 0.05) is 12.1 Å². The van der Waals surface area contributed by atoms with Crippen molar-refractivity contribution in [3.05, 3.63) is 90.0 Å². The highest BCUT2D eigenvalue weighted by Crippen LogP contribution is 2.26. The molecule has 8 heteroatoms. The van der Waals surface area contributed by atoms with Gasteiger partial charge in [-0.1, -0.05) is 48.5 Å². The number of anilines is 1. The molecule has 3 aromatic carbocycles. The van der Waals surface area contributed by atoms with Gasteiger partial charge in [0.15, 0.2) is 0 Å². The lowest BCUT2D eigenvalue weighted by molar-refractivity contribution is 0.0929. The zero-order valence-electron chi connectivity index (χ0n) is 18.3. The van der Waals surface area contributed by atoms with Crippen molar-refractivity contribution in [1.82, 2.24) is 10.2 Å². The van der Waals surface area contributed by atoms with E-state index >= 15 is 0 Å². The fraction of sp³-hybridized carbons (Fsp3) is 0.208. The highest BCUT2D eigenvalue weighted by atomic mass is 32.2. The summed E-state index contributed by atoms with van der Waals surface area (Å²) in [5, 5.41) is 3.01. The highest BCUT2D eigenvalue weighted by Gasteiger charge is 2.20. The average Bonchev–Trinajstić information content (AvgIpc) is 2.79. The summed E-state index contributed by atoms with van der Waals surface area (Å²) < 4.78 is 33.6. The molecule has 0 heterocycles. The minimum absolute atomic E-state index is 0.0140. The number of methoxy groups -OCH3 is 1. The van der Waals surface area contributed by atoms with Gasteiger partial charge in [0.2, 0.25) is 0 Å². The van der Waals surface area contributed by atoms with Gasteiger partial charge in [-0.05, 0) is 50.0 Å². The van der Waals surface area contributed by atoms with Crippen molar-refractivity contribution >= 4 is 21.6 Å². The Bertz CT molecular complexity index is 1160. The van der Waals surface area contributed by atoms with E-state index in [0.29, 0.717) is 18.0 Å². The Morgan fingerprint density at radius 3 is 2.34 bits per heavy atom.